The molecule has 3 nitrogen and oxygen atoms in total. The second-order valence-corrected chi connectivity index (χ2v) is 4.54. The second kappa shape index (κ2) is 4.61. The summed E-state index contributed by atoms with van der Waals surface area (Å²) in [5.74, 6) is 0.0816. The molecular formula is C12H11BrN2O. The van der Waals surface area contributed by atoms with Gasteiger partial charge >= 0.3 is 0 Å². The molecule has 0 amide bonds. The number of hydrogen-bond acceptors (Lipinski definition) is 2. The zero-order chi connectivity index (χ0) is 11.5. The Morgan fingerprint density at radius 2 is 2.31 bits per heavy atom. The van der Waals surface area contributed by atoms with Crippen LogP contribution in [0.3, 0.4) is 0 Å². The number of benzene rings is 1. The number of carbonyl (C=O) groups excluding carboxylic acids is 1. The van der Waals surface area contributed by atoms with Crippen molar-refractivity contribution in [3.63, 3.8) is 0 Å². The molecule has 4 heteroatoms. The summed E-state index contributed by atoms with van der Waals surface area (Å²) >= 11 is 3.39. The molecule has 0 radical (unpaired) electrons. The lowest BCUT2D eigenvalue weighted by atomic mass is 10.1. The van der Waals surface area contributed by atoms with Gasteiger partial charge in [-0.2, -0.15) is 0 Å². The van der Waals surface area contributed by atoms with E-state index >= 15 is 0 Å². The highest BCUT2D eigenvalue weighted by atomic mass is 79.9. The molecule has 0 fully saturated rings. The van der Waals surface area contributed by atoms with Crippen LogP contribution in [0.15, 0.2) is 41.3 Å². The molecule has 0 unspecified atom stereocenters. The largest absolute Gasteiger partial charge is 0.331 e. The van der Waals surface area contributed by atoms with Gasteiger partial charge in [-0.05, 0) is 17.7 Å². The first kappa shape index (κ1) is 11.1. The van der Waals surface area contributed by atoms with Gasteiger partial charge in [-0.15, -0.1) is 0 Å². The molecule has 0 N–H and O–H groups in total. The number of Topliss-reactive ketones (excluding diaryl/α,β-unsaturated/α-hetero) is 1. The summed E-state index contributed by atoms with van der Waals surface area (Å²) in [6.45, 7) is 0. The first-order valence-electron chi connectivity index (χ1n) is 4.91. The zero-order valence-corrected chi connectivity index (χ0v) is 10.4. The number of carbonyl (C=O) groups is 1. The van der Waals surface area contributed by atoms with Crippen molar-refractivity contribution in [1.29, 1.82) is 0 Å². The lowest BCUT2D eigenvalue weighted by molar-refractivity contribution is 0.0985. The van der Waals surface area contributed by atoms with Crippen molar-refractivity contribution in [2.24, 2.45) is 7.05 Å². The summed E-state index contributed by atoms with van der Waals surface area (Å²) in [5, 5.41) is 0. The van der Waals surface area contributed by atoms with E-state index in [1.54, 1.807) is 17.1 Å². The monoisotopic (exact) mass is 278 g/mol. The van der Waals surface area contributed by atoms with E-state index in [-0.39, 0.29) is 5.78 Å². The van der Waals surface area contributed by atoms with Gasteiger partial charge in [-0.25, -0.2) is 4.98 Å². The minimum atomic E-state index is 0.0816. The zero-order valence-electron chi connectivity index (χ0n) is 8.85. The number of ketones is 1. The standard InChI is InChI=1S/C12H11BrN2O/c1-15-8-14-7-11(15)12(16)6-9-3-2-4-10(13)5-9/h2-5,7-8H,6H2,1H3. The predicted octanol–water partition coefficient (Wildman–Crippen LogP) is 2.61. The Kier molecular flexibility index (Phi) is 3.19. The predicted molar refractivity (Wildman–Crippen MR) is 65.4 cm³/mol. The van der Waals surface area contributed by atoms with Crippen molar-refractivity contribution >= 4 is 21.7 Å². The van der Waals surface area contributed by atoms with Gasteiger partial charge in [0, 0.05) is 17.9 Å². The van der Waals surface area contributed by atoms with Gasteiger partial charge in [0.2, 0.25) is 0 Å². The number of aromatic nitrogens is 2. The summed E-state index contributed by atoms with van der Waals surface area (Å²) in [6, 6.07) is 7.77. The Morgan fingerprint density at radius 3 is 2.94 bits per heavy atom. The smallest absolute Gasteiger partial charge is 0.185 e. The fourth-order valence-corrected chi connectivity index (χ4v) is 2.00. The van der Waals surface area contributed by atoms with Crippen molar-refractivity contribution in [2.75, 3.05) is 0 Å². The summed E-state index contributed by atoms with van der Waals surface area (Å²) in [4.78, 5) is 15.9. The first-order chi connectivity index (χ1) is 7.66. The maximum absolute atomic E-state index is 11.9. The SMILES string of the molecule is Cn1cncc1C(=O)Cc1cccc(Br)c1. The molecule has 0 saturated heterocycles. The highest BCUT2D eigenvalue weighted by Gasteiger charge is 2.10. The van der Waals surface area contributed by atoms with Gasteiger partial charge in [0.1, 0.15) is 5.69 Å². The second-order valence-electron chi connectivity index (χ2n) is 3.62. The van der Waals surface area contributed by atoms with Gasteiger partial charge in [0.05, 0.1) is 12.5 Å². The third kappa shape index (κ3) is 2.39. The summed E-state index contributed by atoms with van der Waals surface area (Å²) < 4.78 is 2.73. The number of imidazole rings is 1. The summed E-state index contributed by atoms with van der Waals surface area (Å²) in [6.07, 6.45) is 3.63. The van der Waals surface area contributed by atoms with E-state index in [1.165, 1.54) is 0 Å². The molecule has 1 aromatic heterocycles. The van der Waals surface area contributed by atoms with Crippen molar-refractivity contribution in [1.82, 2.24) is 9.55 Å². The molecule has 0 spiro atoms. The van der Waals surface area contributed by atoms with Crippen LogP contribution in [0.1, 0.15) is 16.1 Å². The molecule has 0 aliphatic rings. The molecule has 0 bridgehead atoms. The van der Waals surface area contributed by atoms with E-state index in [0.717, 1.165) is 10.0 Å². The van der Waals surface area contributed by atoms with E-state index < -0.39 is 0 Å². The average molecular weight is 279 g/mol. The topological polar surface area (TPSA) is 34.9 Å². The minimum absolute atomic E-state index is 0.0816. The normalized spacial score (nSPS) is 10.4. The highest BCUT2D eigenvalue weighted by molar-refractivity contribution is 9.10. The van der Waals surface area contributed by atoms with E-state index in [0.29, 0.717) is 12.1 Å². The molecule has 1 aromatic carbocycles. The third-order valence-corrected chi connectivity index (χ3v) is 2.85. The fraction of sp³-hybridized carbons (Fsp3) is 0.167. The first-order valence-corrected chi connectivity index (χ1v) is 5.70. The van der Waals surface area contributed by atoms with Crippen molar-refractivity contribution < 1.29 is 4.79 Å². The number of nitrogens with zero attached hydrogens (tertiary/aromatic N) is 2. The maximum Gasteiger partial charge on any atom is 0.185 e. The van der Waals surface area contributed by atoms with Gasteiger partial charge < -0.3 is 4.57 Å². The Hall–Kier alpha value is -1.42. The van der Waals surface area contributed by atoms with E-state index in [9.17, 15) is 4.79 Å². The van der Waals surface area contributed by atoms with Crippen molar-refractivity contribution in [2.45, 2.75) is 6.42 Å². The maximum atomic E-state index is 11.9. The molecule has 2 aromatic rings. The van der Waals surface area contributed by atoms with Crippen LogP contribution in [0.5, 0.6) is 0 Å². The van der Waals surface area contributed by atoms with E-state index in [2.05, 4.69) is 20.9 Å². The van der Waals surface area contributed by atoms with Crippen LogP contribution in [0, 0.1) is 0 Å². The highest BCUT2D eigenvalue weighted by Crippen LogP contribution is 2.13. The minimum Gasteiger partial charge on any atom is -0.331 e. The molecule has 2 rings (SSSR count). The molecule has 1 heterocycles. The van der Waals surface area contributed by atoms with Crippen LogP contribution >= 0.6 is 15.9 Å². The van der Waals surface area contributed by atoms with Gasteiger partial charge in [0.15, 0.2) is 5.78 Å². The molecule has 16 heavy (non-hydrogen) atoms. The Balaban J connectivity index is 2.17. The number of rotatable bonds is 3. The Bertz CT molecular complexity index is 519. The fourth-order valence-electron chi connectivity index (χ4n) is 1.55. The summed E-state index contributed by atoms with van der Waals surface area (Å²) in [7, 11) is 1.82. The number of hydrogen-bond donors (Lipinski definition) is 0. The van der Waals surface area contributed by atoms with E-state index in [4.69, 9.17) is 0 Å². The Labute approximate surface area is 102 Å². The molecule has 0 saturated carbocycles. The Morgan fingerprint density at radius 1 is 1.50 bits per heavy atom. The van der Waals surface area contributed by atoms with Crippen LogP contribution in [-0.4, -0.2) is 15.3 Å². The molecule has 0 atom stereocenters. The van der Waals surface area contributed by atoms with Crippen LogP contribution in [0.4, 0.5) is 0 Å². The molecule has 0 aliphatic carbocycles. The lowest BCUT2D eigenvalue weighted by Crippen LogP contribution is -2.08. The van der Waals surface area contributed by atoms with Crippen molar-refractivity contribution in [3.8, 4) is 0 Å². The van der Waals surface area contributed by atoms with Crippen LogP contribution < -0.4 is 0 Å². The molecule has 0 aliphatic heterocycles. The summed E-state index contributed by atoms with van der Waals surface area (Å²) in [5.41, 5.74) is 1.64. The van der Waals surface area contributed by atoms with Crippen LogP contribution in [-0.2, 0) is 13.5 Å². The van der Waals surface area contributed by atoms with Gasteiger partial charge in [0.25, 0.3) is 0 Å². The average Bonchev–Trinajstić information content (AvgIpc) is 2.64. The molecule has 82 valence electrons. The third-order valence-electron chi connectivity index (χ3n) is 2.36. The van der Waals surface area contributed by atoms with Gasteiger partial charge in [-0.1, -0.05) is 28.1 Å². The van der Waals surface area contributed by atoms with Crippen LogP contribution in [0.25, 0.3) is 0 Å². The van der Waals surface area contributed by atoms with E-state index in [1.807, 2.05) is 31.3 Å². The molecular weight excluding hydrogens is 268 g/mol. The van der Waals surface area contributed by atoms with Crippen molar-refractivity contribution in [3.05, 3.63) is 52.5 Å². The van der Waals surface area contributed by atoms with Crippen LogP contribution in [0.2, 0.25) is 0 Å². The number of halogens is 1. The van der Waals surface area contributed by atoms with Gasteiger partial charge in [-0.3, -0.25) is 4.79 Å². The lowest BCUT2D eigenvalue weighted by Gasteiger charge is -2.02. The number of aryl methyl sites for hydroxylation is 1. The quantitative estimate of drug-likeness (QED) is 0.809.